The van der Waals surface area contributed by atoms with Crippen molar-refractivity contribution in [3.05, 3.63) is 27.8 Å². The number of carbonyl (C=O) groups excluding carboxylic acids is 1. The van der Waals surface area contributed by atoms with Gasteiger partial charge in [-0.2, -0.15) is 0 Å². The van der Waals surface area contributed by atoms with Gasteiger partial charge in [0.25, 0.3) is 10.0 Å². The number of sulfonamides is 1. The zero-order chi connectivity index (χ0) is 14.5. The molecule has 1 rings (SSSR count). The Morgan fingerprint density at radius 2 is 1.95 bits per heavy atom. The molecular weight excluding hydrogens is 383 g/mol. The van der Waals surface area contributed by atoms with Gasteiger partial charge in [0.05, 0.1) is 11.5 Å². The van der Waals surface area contributed by atoms with Crippen LogP contribution in [-0.4, -0.2) is 27.0 Å². The Labute approximate surface area is 126 Å². The van der Waals surface area contributed by atoms with Crippen LogP contribution < -0.4 is 10.3 Å². The zero-order valence-corrected chi connectivity index (χ0v) is 13.5. The standard InChI is InChI=1S/C11H15IN2O4S/c1-3-18-11(15)8(2)13-14-19(16,17)10-6-4-9(12)5-7-10/h4-8,13-14H,3H2,1-2H3/t8-/m0/s1. The fourth-order valence-electron chi connectivity index (χ4n) is 1.16. The van der Waals surface area contributed by atoms with E-state index < -0.39 is 22.0 Å². The molecule has 0 fully saturated rings. The minimum absolute atomic E-state index is 0.122. The number of benzene rings is 1. The molecule has 0 bridgehead atoms. The predicted octanol–water partition coefficient (Wildman–Crippen LogP) is 1.03. The minimum Gasteiger partial charge on any atom is -0.465 e. The molecule has 1 aromatic rings. The molecule has 1 aromatic carbocycles. The maximum atomic E-state index is 11.9. The van der Waals surface area contributed by atoms with E-state index in [0.29, 0.717) is 0 Å². The molecule has 0 radical (unpaired) electrons. The lowest BCUT2D eigenvalue weighted by molar-refractivity contribution is -0.145. The zero-order valence-electron chi connectivity index (χ0n) is 10.5. The molecule has 0 amide bonds. The molecule has 0 unspecified atom stereocenters. The first-order valence-electron chi connectivity index (χ1n) is 5.56. The van der Waals surface area contributed by atoms with Crippen molar-refractivity contribution in [1.29, 1.82) is 0 Å². The fraction of sp³-hybridized carbons (Fsp3) is 0.364. The first kappa shape index (κ1) is 16.3. The Balaban J connectivity index is 2.66. The van der Waals surface area contributed by atoms with E-state index in [1.54, 1.807) is 19.1 Å². The smallest absolute Gasteiger partial charge is 0.324 e. The van der Waals surface area contributed by atoms with E-state index >= 15 is 0 Å². The highest BCUT2D eigenvalue weighted by molar-refractivity contribution is 14.1. The molecule has 8 heteroatoms. The van der Waals surface area contributed by atoms with Crippen LogP contribution in [0.2, 0.25) is 0 Å². The van der Waals surface area contributed by atoms with Crippen LogP contribution in [0.4, 0.5) is 0 Å². The average molecular weight is 398 g/mol. The molecule has 106 valence electrons. The van der Waals surface area contributed by atoms with Crippen molar-refractivity contribution in [3.63, 3.8) is 0 Å². The lowest BCUT2D eigenvalue weighted by Gasteiger charge is -2.13. The number of hydrogen-bond donors (Lipinski definition) is 2. The summed E-state index contributed by atoms with van der Waals surface area (Å²) in [5.41, 5.74) is 2.41. The van der Waals surface area contributed by atoms with E-state index in [4.69, 9.17) is 4.74 Å². The minimum atomic E-state index is -3.69. The van der Waals surface area contributed by atoms with Crippen molar-refractivity contribution < 1.29 is 17.9 Å². The van der Waals surface area contributed by atoms with Crippen LogP contribution in [-0.2, 0) is 19.6 Å². The summed E-state index contributed by atoms with van der Waals surface area (Å²) in [4.78, 5) is 13.6. The summed E-state index contributed by atoms with van der Waals surface area (Å²) in [6, 6.07) is 5.58. The molecule has 2 N–H and O–H groups in total. The third-order valence-electron chi connectivity index (χ3n) is 2.17. The maximum absolute atomic E-state index is 11.9. The van der Waals surface area contributed by atoms with Gasteiger partial charge in [0.1, 0.15) is 6.04 Å². The van der Waals surface area contributed by atoms with Crippen molar-refractivity contribution in [3.8, 4) is 0 Å². The van der Waals surface area contributed by atoms with E-state index in [1.165, 1.54) is 19.1 Å². The number of hydrogen-bond acceptors (Lipinski definition) is 5. The molecule has 19 heavy (non-hydrogen) atoms. The molecule has 0 saturated heterocycles. The van der Waals surface area contributed by atoms with Crippen molar-refractivity contribution in [1.82, 2.24) is 10.3 Å². The normalized spacial score (nSPS) is 13.0. The Morgan fingerprint density at radius 3 is 2.47 bits per heavy atom. The number of ether oxygens (including phenoxy) is 1. The van der Waals surface area contributed by atoms with Crippen LogP contribution in [0.1, 0.15) is 13.8 Å². The third-order valence-corrected chi connectivity index (χ3v) is 4.17. The molecular formula is C11H15IN2O4S. The van der Waals surface area contributed by atoms with Gasteiger partial charge in [-0.25, -0.2) is 13.8 Å². The summed E-state index contributed by atoms with van der Waals surface area (Å²) in [7, 11) is -3.69. The maximum Gasteiger partial charge on any atom is 0.324 e. The molecule has 0 aliphatic rings. The van der Waals surface area contributed by atoms with Gasteiger partial charge < -0.3 is 4.74 Å². The van der Waals surface area contributed by atoms with Crippen LogP contribution in [0.25, 0.3) is 0 Å². The van der Waals surface area contributed by atoms with Gasteiger partial charge in [0.2, 0.25) is 0 Å². The predicted molar refractivity (Wildman–Crippen MR) is 78.7 cm³/mol. The van der Waals surface area contributed by atoms with Crippen molar-refractivity contribution in [2.24, 2.45) is 0 Å². The van der Waals surface area contributed by atoms with Gasteiger partial charge in [0.15, 0.2) is 0 Å². The molecule has 0 aromatic heterocycles. The summed E-state index contributed by atoms with van der Waals surface area (Å²) in [6.07, 6.45) is 0. The van der Waals surface area contributed by atoms with Crippen molar-refractivity contribution in [2.75, 3.05) is 6.61 Å². The van der Waals surface area contributed by atoms with E-state index in [-0.39, 0.29) is 11.5 Å². The summed E-state index contributed by atoms with van der Waals surface area (Å²) < 4.78 is 29.5. The van der Waals surface area contributed by atoms with E-state index in [1.807, 2.05) is 0 Å². The monoisotopic (exact) mass is 398 g/mol. The highest BCUT2D eigenvalue weighted by atomic mass is 127. The molecule has 1 atom stereocenters. The van der Waals surface area contributed by atoms with Crippen LogP contribution in [0.5, 0.6) is 0 Å². The van der Waals surface area contributed by atoms with Gasteiger partial charge in [-0.15, -0.1) is 4.83 Å². The molecule has 0 saturated carbocycles. The SMILES string of the molecule is CCOC(=O)[C@H](C)NNS(=O)(=O)c1ccc(I)cc1. The Hall–Kier alpha value is -0.710. The first-order chi connectivity index (χ1) is 8.86. The Bertz CT molecular complexity index is 530. The molecule has 0 aliphatic heterocycles. The Kier molecular flexibility index (Phi) is 6.17. The van der Waals surface area contributed by atoms with Gasteiger partial charge in [-0.05, 0) is 60.7 Å². The number of carbonyl (C=O) groups is 1. The van der Waals surface area contributed by atoms with E-state index in [9.17, 15) is 13.2 Å². The largest absolute Gasteiger partial charge is 0.465 e. The number of rotatable bonds is 6. The summed E-state index contributed by atoms with van der Waals surface area (Å²) >= 11 is 2.08. The highest BCUT2D eigenvalue weighted by Crippen LogP contribution is 2.11. The van der Waals surface area contributed by atoms with Gasteiger partial charge >= 0.3 is 5.97 Å². The number of halogens is 1. The Morgan fingerprint density at radius 1 is 1.37 bits per heavy atom. The summed E-state index contributed by atoms with van der Waals surface area (Å²) in [5.74, 6) is -0.521. The van der Waals surface area contributed by atoms with Crippen LogP contribution in [0.3, 0.4) is 0 Å². The van der Waals surface area contributed by atoms with Gasteiger partial charge in [-0.1, -0.05) is 0 Å². The molecule has 6 nitrogen and oxygen atoms in total. The van der Waals surface area contributed by atoms with E-state index in [2.05, 4.69) is 32.8 Å². The summed E-state index contributed by atoms with van der Waals surface area (Å²) in [6.45, 7) is 3.43. The topological polar surface area (TPSA) is 84.5 Å². The van der Waals surface area contributed by atoms with E-state index in [0.717, 1.165) is 3.57 Å². The highest BCUT2D eigenvalue weighted by Gasteiger charge is 2.18. The first-order valence-corrected chi connectivity index (χ1v) is 8.12. The lowest BCUT2D eigenvalue weighted by atomic mass is 10.4. The van der Waals surface area contributed by atoms with Gasteiger partial charge in [0, 0.05) is 3.57 Å². The molecule has 0 spiro atoms. The second-order valence-corrected chi connectivity index (χ2v) is 6.61. The van der Waals surface area contributed by atoms with Crippen molar-refractivity contribution in [2.45, 2.75) is 24.8 Å². The quantitative estimate of drug-likeness (QED) is 0.425. The molecule has 0 heterocycles. The number of esters is 1. The van der Waals surface area contributed by atoms with Gasteiger partial charge in [-0.3, -0.25) is 4.79 Å². The lowest BCUT2D eigenvalue weighted by Crippen LogP contribution is -2.47. The van der Waals surface area contributed by atoms with Crippen molar-refractivity contribution >= 4 is 38.6 Å². The van der Waals surface area contributed by atoms with Crippen LogP contribution >= 0.6 is 22.6 Å². The second-order valence-electron chi connectivity index (χ2n) is 3.68. The fourth-order valence-corrected chi connectivity index (χ4v) is 2.47. The number of hydrazine groups is 1. The second kappa shape index (κ2) is 7.17. The van der Waals surface area contributed by atoms with Crippen LogP contribution in [0.15, 0.2) is 29.2 Å². The molecule has 0 aliphatic carbocycles. The number of nitrogens with one attached hydrogen (secondary N) is 2. The third kappa shape index (κ3) is 5.05. The van der Waals surface area contributed by atoms with Crippen LogP contribution in [0, 0.1) is 3.57 Å². The summed E-state index contributed by atoms with van der Waals surface area (Å²) in [5, 5.41) is 0. The average Bonchev–Trinajstić information content (AvgIpc) is 2.37.